The van der Waals surface area contributed by atoms with Crippen molar-refractivity contribution < 1.29 is 5.11 Å². The van der Waals surface area contributed by atoms with E-state index in [0.29, 0.717) is 6.42 Å². The van der Waals surface area contributed by atoms with Crippen molar-refractivity contribution in [1.82, 2.24) is 0 Å². The molecule has 1 aromatic heterocycles. The van der Waals surface area contributed by atoms with Crippen LogP contribution in [0.3, 0.4) is 0 Å². The molecule has 0 aliphatic heterocycles. The lowest BCUT2D eigenvalue weighted by atomic mass is 9.97. The topological polar surface area (TPSA) is 44.0 Å². The molecule has 0 radical (unpaired) electrons. The summed E-state index contributed by atoms with van der Waals surface area (Å²) < 4.78 is 0.981. The summed E-state index contributed by atoms with van der Waals surface area (Å²) in [4.78, 5) is 0. The first-order valence-electron chi connectivity index (χ1n) is 4.00. The molecule has 0 fully saturated rings. The second-order valence-corrected chi connectivity index (χ2v) is 5.06. The molecular formula is C9H10BrNOS. The number of aliphatic hydroxyl groups excluding tert-OH is 1. The van der Waals surface area contributed by atoms with E-state index in [4.69, 9.17) is 5.26 Å². The summed E-state index contributed by atoms with van der Waals surface area (Å²) >= 11 is 4.84. The molecule has 0 saturated heterocycles. The molecule has 4 heteroatoms. The van der Waals surface area contributed by atoms with Crippen LogP contribution in [0.4, 0.5) is 0 Å². The predicted molar refractivity (Wildman–Crippen MR) is 56.4 cm³/mol. The Labute approximate surface area is 90.0 Å². The normalized spacial score (nSPS) is 14.9. The first-order chi connectivity index (χ1) is 6.19. The van der Waals surface area contributed by atoms with Gasteiger partial charge in [-0.1, -0.05) is 6.92 Å². The second-order valence-electron chi connectivity index (χ2n) is 2.77. The third-order valence-electron chi connectivity index (χ3n) is 1.92. The maximum Gasteiger partial charge on any atom is 0.0956 e. The van der Waals surface area contributed by atoms with E-state index in [-0.39, 0.29) is 5.92 Å². The largest absolute Gasteiger partial charge is 0.387 e. The van der Waals surface area contributed by atoms with E-state index in [0.717, 1.165) is 9.35 Å². The third-order valence-corrected chi connectivity index (χ3v) is 3.44. The van der Waals surface area contributed by atoms with Crippen LogP contribution in [0.15, 0.2) is 15.2 Å². The molecule has 1 rings (SSSR count). The average molecular weight is 260 g/mol. The minimum absolute atomic E-state index is 0.304. The zero-order chi connectivity index (χ0) is 9.84. The molecule has 1 aromatic rings. The van der Waals surface area contributed by atoms with Crippen molar-refractivity contribution in [2.45, 2.75) is 19.4 Å². The van der Waals surface area contributed by atoms with Crippen LogP contribution in [-0.4, -0.2) is 5.11 Å². The van der Waals surface area contributed by atoms with Gasteiger partial charge in [-0.25, -0.2) is 0 Å². The fraction of sp³-hybridized carbons (Fsp3) is 0.444. The predicted octanol–water partition coefficient (Wildman–Crippen LogP) is 3.09. The van der Waals surface area contributed by atoms with E-state index in [2.05, 4.69) is 22.0 Å². The van der Waals surface area contributed by atoms with Gasteiger partial charge in [0.2, 0.25) is 0 Å². The van der Waals surface area contributed by atoms with Crippen molar-refractivity contribution in [3.63, 3.8) is 0 Å². The first-order valence-corrected chi connectivity index (χ1v) is 5.68. The Hall–Kier alpha value is -0.370. The fourth-order valence-corrected chi connectivity index (χ4v) is 2.30. The number of hydrogen-bond acceptors (Lipinski definition) is 3. The Morgan fingerprint density at radius 3 is 2.85 bits per heavy atom. The van der Waals surface area contributed by atoms with Crippen molar-refractivity contribution in [1.29, 1.82) is 5.26 Å². The van der Waals surface area contributed by atoms with Crippen LogP contribution < -0.4 is 0 Å². The number of hydrogen-bond donors (Lipinski definition) is 1. The van der Waals surface area contributed by atoms with E-state index >= 15 is 0 Å². The molecule has 2 nitrogen and oxygen atoms in total. The molecule has 1 heterocycles. The maximum atomic E-state index is 9.76. The number of nitriles is 1. The van der Waals surface area contributed by atoms with Crippen molar-refractivity contribution in [3.8, 4) is 6.07 Å². The molecule has 0 saturated carbocycles. The van der Waals surface area contributed by atoms with E-state index in [1.165, 1.54) is 11.3 Å². The molecule has 0 spiro atoms. The van der Waals surface area contributed by atoms with Gasteiger partial charge in [-0.15, -0.1) is 11.3 Å². The zero-order valence-corrected chi connectivity index (χ0v) is 9.60. The SMILES string of the molecule is CCC(C#N)C(O)c1csc(Br)c1. The molecule has 2 atom stereocenters. The zero-order valence-electron chi connectivity index (χ0n) is 7.20. The van der Waals surface area contributed by atoms with Gasteiger partial charge in [-0.2, -0.15) is 5.26 Å². The van der Waals surface area contributed by atoms with Crippen molar-refractivity contribution in [2.24, 2.45) is 5.92 Å². The van der Waals surface area contributed by atoms with Gasteiger partial charge in [-0.05, 0) is 39.4 Å². The van der Waals surface area contributed by atoms with Gasteiger partial charge < -0.3 is 5.11 Å². The second kappa shape index (κ2) is 4.75. The molecule has 70 valence electrons. The minimum atomic E-state index is -0.655. The van der Waals surface area contributed by atoms with Crippen molar-refractivity contribution >= 4 is 27.3 Å². The van der Waals surface area contributed by atoms with Gasteiger partial charge in [-0.3, -0.25) is 0 Å². The van der Waals surface area contributed by atoms with Gasteiger partial charge in [0.05, 0.1) is 21.9 Å². The highest BCUT2D eigenvalue weighted by molar-refractivity contribution is 9.11. The Kier molecular flexibility index (Phi) is 3.91. The Bertz CT molecular complexity index is 318. The van der Waals surface area contributed by atoms with E-state index < -0.39 is 6.10 Å². The summed E-state index contributed by atoms with van der Waals surface area (Å²) in [5.41, 5.74) is 0.824. The fourth-order valence-electron chi connectivity index (χ4n) is 1.10. The lowest BCUT2D eigenvalue weighted by Gasteiger charge is -2.12. The van der Waals surface area contributed by atoms with Crippen molar-refractivity contribution in [2.75, 3.05) is 0 Å². The monoisotopic (exact) mass is 259 g/mol. The summed E-state index contributed by atoms with van der Waals surface area (Å²) in [6.07, 6.45) is 0.0167. The van der Waals surface area contributed by atoms with Crippen LogP contribution in [0.1, 0.15) is 25.0 Å². The van der Waals surface area contributed by atoms with Crippen LogP contribution in [0.2, 0.25) is 0 Å². The summed E-state index contributed by atoms with van der Waals surface area (Å²) in [6.45, 7) is 1.90. The number of aliphatic hydroxyl groups is 1. The summed E-state index contributed by atoms with van der Waals surface area (Å²) in [5.74, 6) is -0.304. The van der Waals surface area contributed by atoms with E-state index in [9.17, 15) is 5.11 Å². The molecule has 0 aliphatic rings. The van der Waals surface area contributed by atoms with E-state index in [1.54, 1.807) is 0 Å². The first kappa shape index (κ1) is 10.7. The Balaban J connectivity index is 2.78. The Morgan fingerprint density at radius 2 is 2.46 bits per heavy atom. The lowest BCUT2D eigenvalue weighted by Crippen LogP contribution is -2.08. The Morgan fingerprint density at radius 1 is 1.77 bits per heavy atom. The van der Waals surface area contributed by atoms with E-state index in [1.807, 2.05) is 18.4 Å². The number of nitrogens with zero attached hydrogens (tertiary/aromatic N) is 1. The molecule has 13 heavy (non-hydrogen) atoms. The van der Waals surface area contributed by atoms with Gasteiger partial charge >= 0.3 is 0 Å². The average Bonchev–Trinajstić information content (AvgIpc) is 2.54. The molecule has 0 aliphatic carbocycles. The van der Waals surface area contributed by atoms with Crippen LogP contribution in [0.5, 0.6) is 0 Å². The molecule has 0 amide bonds. The van der Waals surface area contributed by atoms with Gasteiger partial charge in [0.1, 0.15) is 0 Å². The van der Waals surface area contributed by atoms with Crippen molar-refractivity contribution in [3.05, 3.63) is 20.8 Å². The van der Waals surface area contributed by atoms with Gasteiger partial charge in [0, 0.05) is 0 Å². The summed E-state index contributed by atoms with van der Waals surface area (Å²) in [7, 11) is 0. The maximum absolute atomic E-state index is 9.76. The smallest absolute Gasteiger partial charge is 0.0956 e. The number of thiophene rings is 1. The molecule has 0 aromatic carbocycles. The van der Waals surface area contributed by atoms with Crippen LogP contribution >= 0.6 is 27.3 Å². The van der Waals surface area contributed by atoms with Gasteiger partial charge in [0.15, 0.2) is 0 Å². The van der Waals surface area contributed by atoms with Crippen LogP contribution in [0.25, 0.3) is 0 Å². The molecule has 1 N–H and O–H groups in total. The van der Waals surface area contributed by atoms with Crippen LogP contribution in [-0.2, 0) is 0 Å². The summed E-state index contributed by atoms with van der Waals surface area (Å²) in [6, 6.07) is 3.96. The molecular weight excluding hydrogens is 250 g/mol. The summed E-state index contributed by atoms with van der Waals surface area (Å²) in [5, 5.41) is 20.4. The number of rotatable bonds is 3. The molecule has 0 bridgehead atoms. The highest BCUT2D eigenvalue weighted by Gasteiger charge is 2.19. The lowest BCUT2D eigenvalue weighted by molar-refractivity contribution is 0.133. The highest BCUT2D eigenvalue weighted by Crippen LogP contribution is 2.30. The highest BCUT2D eigenvalue weighted by atomic mass is 79.9. The minimum Gasteiger partial charge on any atom is -0.387 e. The van der Waals surface area contributed by atoms with Gasteiger partial charge in [0.25, 0.3) is 0 Å². The standard InChI is InChI=1S/C9H10BrNOS/c1-2-6(4-11)9(12)7-3-8(10)13-5-7/h3,5-6,9,12H,2H2,1H3. The molecule has 2 unspecified atom stereocenters. The quantitative estimate of drug-likeness (QED) is 0.907. The number of halogens is 1. The van der Waals surface area contributed by atoms with Crippen LogP contribution in [0, 0.1) is 17.2 Å². The third kappa shape index (κ3) is 2.53.